The van der Waals surface area contributed by atoms with Crippen LogP contribution in [0.2, 0.25) is 0 Å². The van der Waals surface area contributed by atoms with Gasteiger partial charge in [-0.15, -0.1) is 0 Å². The van der Waals surface area contributed by atoms with Gasteiger partial charge in [0.2, 0.25) is 0 Å². The lowest BCUT2D eigenvalue weighted by molar-refractivity contribution is 0.386. The Morgan fingerprint density at radius 3 is 2.19 bits per heavy atom. The maximum absolute atomic E-state index is 8.89. The predicted octanol–water partition coefficient (Wildman–Crippen LogP) is 4.32. The zero-order valence-corrected chi connectivity index (χ0v) is 13.3. The van der Waals surface area contributed by atoms with Crippen LogP contribution in [-0.2, 0) is 6.42 Å². The quantitative estimate of drug-likeness (QED) is 0.807. The number of methoxy groups -OCH3 is 2. The molecular formula is C16H14BrNO3. The van der Waals surface area contributed by atoms with Gasteiger partial charge in [-0.2, -0.15) is 5.26 Å². The summed E-state index contributed by atoms with van der Waals surface area (Å²) in [5.41, 5.74) is 0.822. The molecule has 0 fully saturated rings. The van der Waals surface area contributed by atoms with Crippen molar-refractivity contribution in [3.05, 3.63) is 46.4 Å². The molecule has 5 heteroatoms. The highest BCUT2D eigenvalue weighted by Gasteiger charge is 2.08. The Balaban J connectivity index is 2.37. The molecule has 0 saturated carbocycles. The number of nitrogens with zero attached hydrogens (tertiary/aromatic N) is 1. The minimum Gasteiger partial charge on any atom is -0.496 e. The van der Waals surface area contributed by atoms with Gasteiger partial charge >= 0.3 is 0 Å². The number of benzene rings is 2. The number of nitriles is 1. The van der Waals surface area contributed by atoms with Gasteiger partial charge in [-0.25, -0.2) is 0 Å². The van der Waals surface area contributed by atoms with Crippen molar-refractivity contribution in [2.24, 2.45) is 0 Å². The van der Waals surface area contributed by atoms with Crippen LogP contribution in [0.3, 0.4) is 0 Å². The predicted molar refractivity (Wildman–Crippen MR) is 83.1 cm³/mol. The molecule has 108 valence electrons. The summed E-state index contributed by atoms with van der Waals surface area (Å²) in [6, 6.07) is 13.0. The summed E-state index contributed by atoms with van der Waals surface area (Å²) in [4.78, 5) is 0. The molecular weight excluding hydrogens is 334 g/mol. The largest absolute Gasteiger partial charge is 0.496 e. The maximum atomic E-state index is 8.89. The van der Waals surface area contributed by atoms with Crippen LogP contribution in [0, 0.1) is 11.3 Å². The Hall–Kier alpha value is -2.19. The van der Waals surface area contributed by atoms with Crippen molar-refractivity contribution in [2.45, 2.75) is 6.42 Å². The van der Waals surface area contributed by atoms with Gasteiger partial charge in [0.1, 0.15) is 23.0 Å². The summed E-state index contributed by atoms with van der Waals surface area (Å²) in [6.45, 7) is 0. The molecule has 2 aromatic rings. The summed E-state index contributed by atoms with van der Waals surface area (Å²) in [6.07, 6.45) is 0.281. The van der Waals surface area contributed by atoms with Gasteiger partial charge in [-0.3, -0.25) is 0 Å². The first-order valence-electron chi connectivity index (χ1n) is 6.22. The summed E-state index contributed by atoms with van der Waals surface area (Å²) < 4.78 is 17.2. The van der Waals surface area contributed by atoms with E-state index in [0.717, 1.165) is 10.0 Å². The lowest BCUT2D eigenvalue weighted by Gasteiger charge is -2.12. The molecule has 0 unspecified atom stereocenters. The monoisotopic (exact) mass is 347 g/mol. The molecule has 0 aliphatic heterocycles. The van der Waals surface area contributed by atoms with Crippen LogP contribution in [0.5, 0.6) is 23.0 Å². The van der Waals surface area contributed by atoms with Crippen molar-refractivity contribution in [3.63, 3.8) is 0 Å². The lowest BCUT2D eigenvalue weighted by atomic mass is 10.1. The Bertz CT molecular complexity index is 657. The molecule has 2 aromatic carbocycles. The van der Waals surface area contributed by atoms with Gasteiger partial charge in [0, 0.05) is 28.2 Å². The third-order valence-electron chi connectivity index (χ3n) is 2.85. The van der Waals surface area contributed by atoms with Gasteiger partial charge in [0.05, 0.1) is 26.7 Å². The number of hydrogen-bond acceptors (Lipinski definition) is 4. The summed E-state index contributed by atoms with van der Waals surface area (Å²) in [5, 5.41) is 8.89. The van der Waals surface area contributed by atoms with Crippen LogP contribution in [0.1, 0.15) is 5.56 Å². The second-order valence-corrected chi connectivity index (χ2v) is 5.15. The molecule has 0 saturated heterocycles. The van der Waals surface area contributed by atoms with E-state index in [1.54, 1.807) is 32.4 Å². The van der Waals surface area contributed by atoms with Crippen LogP contribution < -0.4 is 14.2 Å². The van der Waals surface area contributed by atoms with Gasteiger partial charge in [0.25, 0.3) is 0 Å². The number of rotatable bonds is 5. The topological polar surface area (TPSA) is 51.5 Å². The molecule has 0 atom stereocenters. The lowest BCUT2D eigenvalue weighted by Crippen LogP contribution is -1.93. The molecule has 0 N–H and O–H groups in total. The summed E-state index contributed by atoms with van der Waals surface area (Å²) in [7, 11) is 3.16. The standard InChI is InChI=1S/C16H14BrNO3/c1-19-13-8-14(20-2)10-15(9-13)21-16-7-12(17)4-3-11(16)5-6-18/h3-4,7-10H,5H2,1-2H3. The Kier molecular flexibility index (Phi) is 5.07. The fraction of sp³-hybridized carbons (Fsp3) is 0.188. The van der Waals surface area contributed by atoms with Crippen LogP contribution in [0.4, 0.5) is 0 Å². The third-order valence-corrected chi connectivity index (χ3v) is 3.34. The third kappa shape index (κ3) is 3.89. The van der Waals surface area contributed by atoms with Crippen LogP contribution in [0.25, 0.3) is 0 Å². The van der Waals surface area contributed by atoms with Crippen molar-refractivity contribution in [1.82, 2.24) is 0 Å². The zero-order valence-electron chi connectivity index (χ0n) is 11.7. The van der Waals surface area contributed by atoms with Crippen molar-refractivity contribution < 1.29 is 14.2 Å². The first-order valence-corrected chi connectivity index (χ1v) is 7.02. The minimum atomic E-state index is 0.281. The van der Waals surface area contributed by atoms with E-state index >= 15 is 0 Å². The second kappa shape index (κ2) is 7.00. The molecule has 4 nitrogen and oxygen atoms in total. The van der Waals surface area contributed by atoms with Crippen molar-refractivity contribution in [2.75, 3.05) is 14.2 Å². The van der Waals surface area contributed by atoms with Crippen molar-refractivity contribution in [1.29, 1.82) is 5.26 Å². The van der Waals surface area contributed by atoms with E-state index in [1.165, 1.54) is 0 Å². The zero-order chi connectivity index (χ0) is 15.2. The molecule has 2 rings (SSSR count). The number of hydrogen-bond donors (Lipinski definition) is 0. The first-order chi connectivity index (χ1) is 10.2. The first kappa shape index (κ1) is 15.2. The molecule has 0 aliphatic rings. The molecule has 0 aromatic heterocycles. The van der Waals surface area contributed by atoms with E-state index in [4.69, 9.17) is 19.5 Å². The smallest absolute Gasteiger partial charge is 0.134 e. The molecule has 0 radical (unpaired) electrons. The SMILES string of the molecule is COc1cc(OC)cc(Oc2cc(Br)ccc2CC#N)c1. The Morgan fingerprint density at radius 2 is 1.62 bits per heavy atom. The Labute approximate surface area is 132 Å². The van der Waals surface area contributed by atoms with E-state index in [-0.39, 0.29) is 6.42 Å². The highest BCUT2D eigenvalue weighted by molar-refractivity contribution is 9.10. The minimum absolute atomic E-state index is 0.281. The summed E-state index contributed by atoms with van der Waals surface area (Å²) in [5.74, 6) is 2.49. The van der Waals surface area contributed by atoms with E-state index in [9.17, 15) is 0 Å². The van der Waals surface area contributed by atoms with E-state index in [1.807, 2.05) is 18.2 Å². The molecule has 21 heavy (non-hydrogen) atoms. The summed E-state index contributed by atoms with van der Waals surface area (Å²) >= 11 is 3.40. The highest BCUT2D eigenvalue weighted by atomic mass is 79.9. The molecule has 0 amide bonds. The van der Waals surface area contributed by atoms with Crippen molar-refractivity contribution >= 4 is 15.9 Å². The van der Waals surface area contributed by atoms with Crippen LogP contribution in [0.15, 0.2) is 40.9 Å². The van der Waals surface area contributed by atoms with Gasteiger partial charge < -0.3 is 14.2 Å². The van der Waals surface area contributed by atoms with E-state index in [2.05, 4.69) is 22.0 Å². The van der Waals surface area contributed by atoms with Crippen LogP contribution >= 0.6 is 15.9 Å². The van der Waals surface area contributed by atoms with E-state index < -0.39 is 0 Å². The highest BCUT2D eigenvalue weighted by Crippen LogP contribution is 2.33. The fourth-order valence-corrected chi connectivity index (χ4v) is 2.16. The average molecular weight is 348 g/mol. The van der Waals surface area contributed by atoms with Crippen molar-refractivity contribution in [3.8, 4) is 29.1 Å². The van der Waals surface area contributed by atoms with Gasteiger partial charge in [0.15, 0.2) is 0 Å². The van der Waals surface area contributed by atoms with Gasteiger partial charge in [-0.05, 0) is 12.1 Å². The molecule has 0 bridgehead atoms. The van der Waals surface area contributed by atoms with Crippen LogP contribution in [-0.4, -0.2) is 14.2 Å². The maximum Gasteiger partial charge on any atom is 0.134 e. The Morgan fingerprint density at radius 1 is 1.00 bits per heavy atom. The molecule has 0 heterocycles. The average Bonchev–Trinajstić information content (AvgIpc) is 2.49. The fourth-order valence-electron chi connectivity index (χ4n) is 1.82. The molecule has 0 spiro atoms. The number of halogens is 1. The molecule has 0 aliphatic carbocycles. The second-order valence-electron chi connectivity index (χ2n) is 4.24. The van der Waals surface area contributed by atoms with Gasteiger partial charge in [-0.1, -0.05) is 22.0 Å². The number of ether oxygens (including phenoxy) is 3. The van der Waals surface area contributed by atoms with E-state index in [0.29, 0.717) is 23.0 Å². The normalized spacial score (nSPS) is 9.81.